The highest BCUT2D eigenvalue weighted by molar-refractivity contribution is 7.57. The van der Waals surface area contributed by atoms with Gasteiger partial charge in [-0.25, -0.2) is 0 Å². The summed E-state index contributed by atoms with van der Waals surface area (Å²) in [5, 5.41) is 0. The molecule has 0 saturated carbocycles. The fraction of sp³-hybridized carbons (Fsp3) is 1.00. The maximum Gasteiger partial charge on any atom is 0.0501 e. The van der Waals surface area contributed by atoms with Crippen molar-refractivity contribution in [1.82, 2.24) is 0 Å². The van der Waals surface area contributed by atoms with Crippen LogP contribution >= 0.6 is 7.92 Å². The van der Waals surface area contributed by atoms with E-state index >= 15 is 0 Å². The van der Waals surface area contributed by atoms with Crippen molar-refractivity contribution >= 4 is 7.92 Å². The first-order chi connectivity index (χ1) is 6.85. The molecule has 0 bridgehead atoms. The van der Waals surface area contributed by atoms with Gasteiger partial charge in [-0.1, -0.05) is 19.8 Å². The molecule has 0 rings (SSSR count). The molecular formula is C11H25O2P. The molecule has 0 aliphatic carbocycles. The van der Waals surface area contributed by atoms with Crippen molar-refractivity contribution in [2.75, 3.05) is 45.9 Å². The molecule has 0 amide bonds. The van der Waals surface area contributed by atoms with Crippen molar-refractivity contribution in [1.29, 1.82) is 0 Å². The van der Waals surface area contributed by atoms with Crippen molar-refractivity contribution in [2.24, 2.45) is 0 Å². The average molecular weight is 220 g/mol. The van der Waals surface area contributed by atoms with E-state index in [1.54, 1.807) is 14.2 Å². The molecule has 2 nitrogen and oxygen atoms in total. The Morgan fingerprint density at radius 1 is 0.857 bits per heavy atom. The van der Waals surface area contributed by atoms with Crippen molar-refractivity contribution in [3.63, 3.8) is 0 Å². The van der Waals surface area contributed by atoms with Gasteiger partial charge in [0.05, 0.1) is 13.2 Å². The number of hydrogen-bond acceptors (Lipinski definition) is 2. The van der Waals surface area contributed by atoms with Crippen LogP contribution in [0.5, 0.6) is 0 Å². The molecule has 0 atom stereocenters. The Morgan fingerprint density at radius 3 is 1.86 bits per heavy atom. The molecule has 3 heteroatoms. The quantitative estimate of drug-likeness (QED) is 0.416. The van der Waals surface area contributed by atoms with Crippen LogP contribution < -0.4 is 0 Å². The molecule has 0 aliphatic heterocycles. The average Bonchev–Trinajstić information content (AvgIpc) is 2.21. The van der Waals surface area contributed by atoms with E-state index < -0.39 is 0 Å². The standard InChI is InChI=1S/C11H25O2P/c1-4-5-6-9-14(10-7-12-2)11-8-13-3/h4-11H2,1-3H3. The van der Waals surface area contributed by atoms with Gasteiger partial charge in [0.2, 0.25) is 0 Å². The van der Waals surface area contributed by atoms with Crippen LogP contribution in [0.4, 0.5) is 0 Å². The maximum absolute atomic E-state index is 5.13. The summed E-state index contributed by atoms with van der Waals surface area (Å²) < 4.78 is 10.3. The van der Waals surface area contributed by atoms with Gasteiger partial charge < -0.3 is 9.47 Å². The van der Waals surface area contributed by atoms with Crippen LogP contribution in [0.1, 0.15) is 26.2 Å². The van der Waals surface area contributed by atoms with E-state index in [0.717, 1.165) is 13.2 Å². The molecule has 0 aromatic carbocycles. The van der Waals surface area contributed by atoms with Gasteiger partial charge in [-0.2, -0.15) is 0 Å². The van der Waals surface area contributed by atoms with Crippen LogP contribution in [0.3, 0.4) is 0 Å². The molecule has 0 aliphatic rings. The topological polar surface area (TPSA) is 18.5 Å². The smallest absolute Gasteiger partial charge is 0.0501 e. The van der Waals surface area contributed by atoms with Gasteiger partial charge in [-0.3, -0.25) is 0 Å². The predicted octanol–water partition coefficient (Wildman–Crippen LogP) is 2.95. The molecule has 14 heavy (non-hydrogen) atoms. The highest BCUT2D eigenvalue weighted by Crippen LogP contribution is 2.35. The molecule has 0 spiro atoms. The second kappa shape index (κ2) is 11.4. The van der Waals surface area contributed by atoms with Crippen molar-refractivity contribution < 1.29 is 9.47 Å². The second-order valence-electron chi connectivity index (χ2n) is 3.53. The zero-order valence-electron chi connectivity index (χ0n) is 9.92. The largest absolute Gasteiger partial charge is 0.384 e. The minimum Gasteiger partial charge on any atom is -0.384 e. The zero-order valence-corrected chi connectivity index (χ0v) is 10.8. The van der Waals surface area contributed by atoms with Crippen LogP contribution in [0.15, 0.2) is 0 Å². The molecule has 0 aromatic rings. The van der Waals surface area contributed by atoms with Gasteiger partial charge in [-0.15, -0.1) is 7.92 Å². The number of ether oxygens (including phenoxy) is 2. The summed E-state index contributed by atoms with van der Waals surface area (Å²) >= 11 is 0. The van der Waals surface area contributed by atoms with Gasteiger partial charge in [-0.05, 0) is 24.9 Å². The van der Waals surface area contributed by atoms with E-state index in [4.69, 9.17) is 9.47 Å². The Morgan fingerprint density at radius 2 is 1.43 bits per heavy atom. The summed E-state index contributed by atoms with van der Waals surface area (Å²) in [4.78, 5) is 0. The van der Waals surface area contributed by atoms with Crippen molar-refractivity contribution in [2.45, 2.75) is 26.2 Å². The van der Waals surface area contributed by atoms with Crippen LogP contribution in [0.25, 0.3) is 0 Å². The highest BCUT2D eigenvalue weighted by Gasteiger charge is 2.06. The summed E-state index contributed by atoms with van der Waals surface area (Å²) in [5.74, 6) is 0. The fourth-order valence-corrected chi connectivity index (χ4v) is 3.58. The molecular weight excluding hydrogens is 195 g/mol. The lowest BCUT2D eigenvalue weighted by atomic mass is 10.3. The van der Waals surface area contributed by atoms with Crippen LogP contribution in [0, 0.1) is 0 Å². The number of methoxy groups -OCH3 is 2. The molecule has 0 saturated heterocycles. The fourth-order valence-electron chi connectivity index (χ4n) is 1.36. The highest BCUT2D eigenvalue weighted by atomic mass is 31.1. The van der Waals surface area contributed by atoms with Crippen molar-refractivity contribution in [3.8, 4) is 0 Å². The van der Waals surface area contributed by atoms with E-state index in [9.17, 15) is 0 Å². The Balaban J connectivity index is 3.49. The Bertz CT molecular complexity index is 101. The minimum atomic E-state index is 0.166. The lowest BCUT2D eigenvalue weighted by molar-refractivity contribution is 0.213. The molecule has 0 N–H and O–H groups in total. The summed E-state index contributed by atoms with van der Waals surface area (Å²) in [6, 6.07) is 0. The third-order valence-electron chi connectivity index (χ3n) is 2.30. The Labute approximate surface area is 90.1 Å². The number of hydrogen-bond donors (Lipinski definition) is 0. The summed E-state index contributed by atoms with van der Waals surface area (Å²) in [7, 11) is 3.74. The maximum atomic E-state index is 5.13. The molecule has 86 valence electrons. The first kappa shape index (κ1) is 14.3. The number of rotatable bonds is 10. The van der Waals surface area contributed by atoms with Gasteiger partial charge in [0.15, 0.2) is 0 Å². The normalized spacial score (nSPS) is 11.1. The Hall–Kier alpha value is 0.350. The SMILES string of the molecule is CCCCCP(CCOC)CCOC. The van der Waals surface area contributed by atoms with Crippen LogP contribution in [0.2, 0.25) is 0 Å². The van der Waals surface area contributed by atoms with Gasteiger partial charge in [0, 0.05) is 14.2 Å². The molecule has 0 radical (unpaired) electrons. The van der Waals surface area contributed by atoms with E-state index in [-0.39, 0.29) is 7.92 Å². The molecule has 0 fully saturated rings. The molecule has 0 heterocycles. The van der Waals surface area contributed by atoms with Crippen LogP contribution in [-0.4, -0.2) is 45.9 Å². The van der Waals surface area contributed by atoms with E-state index in [2.05, 4.69) is 6.92 Å². The van der Waals surface area contributed by atoms with Crippen molar-refractivity contribution in [3.05, 3.63) is 0 Å². The summed E-state index contributed by atoms with van der Waals surface area (Å²) in [6.07, 6.45) is 7.97. The number of unbranched alkanes of at least 4 members (excludes halogenated alkanes) is 2. The second-order valence-corrected chi connectivity index (χ2v) is 6.22. The first-order valence-electron chi connectivity index (χ1n) is 5.55. The third-order valence-corrected chi connectivity index (χ3v) is 4.88. The lowest BCUT2D eigenvalue weighted by Crippen LogP contribution is -2.04. The van der Waals surface area contributed by atoms with E-state index in [1.165, 1.54) is 37.7 Å². The summed E-state index contributed by atoms with van der Waals surface area (Å²) in [6.45, 7) is 4.09. The van der Waals surface area contributed by atoms with Crippen LogP contribution in [-0.2, 0) is 9.47 Å². The third kappa shape index (κ3) is 8.93. The molecule has 0 unspecified atom stereocenters. The van der Waals surface area contributed by atoms with Gasteiger partial charge >= 0.3 is 0 Å². The monoisotopic (exact) mass is 220 g/mol. The lowest BCUT2D eigenvalue weighted by Gasteiger charge is -2.16. The Kier molecular flexibility index (Phi) is 11.7. The van der Waals surface area contributed by atoms with E-state index in [0.29, 0.717) is 0 Å². The predicted molar refractivity (Wildman–Crippen MR) is 64.8 cm³/mol. The van der Waals surface area contributed by atoms with Gasteiger partial charge in [0.1, 0.15) is 0 Å². The first-order valence-corrected chi connectivity index (χ1v) is 7.45. The van der Waals surface area contributed by atoms with Gasteiger partial charge in [0.25, 0.3) is 0 Å². The summed E-state index contributed by atoms with van der Waals surface area (Å²) in [5.41, 5.74) is 0. The zero-order chi connectivity index (χ0) is 10.6. The minimum absolute atomic E-state index is 0.166. The van der Waals surface area contributed by atoms with E-state index in [1.807, 2.05) is 0 Å². The molecule has 0 aromatic heterocycles.